The molecule has 0 bridgehead atoms. The van der Waals surface area contributed by atoms with Crippen molar-refractivity contribution >= 4 is 0 Å². The first-order chi connectivity index (χ1) is 9.19. The smallest absolute Gasteiger partial charge is 0.159 e. The average Bonchev–Trinajstić information content (AvgIpc) is 2.92. The van der Waals surface area contributed by atoms with Gasteiger partial charge in [-0.05, 0) is 49.9 Å². The van der Waals surface area contributed by atoms with Gasteiger partial charge in [0.1, 0.15) is 0 Å². The van der Waals surface area contributed by atoms with Crippen molar-refractivity contribution in [2.45, 2.75) is 51.0 Å². The first kappa shape index (κ1) is 14.4. The molecule has 3 heteroatoms. The Balaban J connectivity index is 1.85. The van der Waals surface area contributed by atoms with Crippen molar-refractivity contribution in [3.63, 3.8) is 0 Å². The highest BCUT2D eigenvalue weighted by Crippen LogP contribution is 2.29. The molecule has 19 heavy (non-hydrogen) atoms. The van der Waals surface area contributed by atoms with E-state index in [1.807, 2.05) is 7.05 Å². The van der Waals surface area contributed by atoms with Crippen molar-refractivity contribution in [1.82, 2.24) is 5.32 Å². The van der Waals surface area contributed by atoms with E-state index in [1.165, 1.54) is 44.2 Å². The van der Waals surface area contributed by atoms with Gasteiger partial charge in [0.2, 0.25) is 0 Å². The van der Waals surface area contributed by atoms with Crippen LogP contribution in [0.2, 0.25) is 0 Å². The lowest BCUT2D eigenvalue weighted by Crippen LogP contribution is -2.28. The molecule has 1 saturated carbocycles. The third kappa shape index (κ3) is 4.27. The van der Waals surface area contributed by atoms with E-state index in [1.54, 1.807) is 6.07 Å². The summed E-state index contributed by atoms with van der Waals surface area (Å²) in [5.41, 5.74) is 0.865. The van der Waals surface area contributed by atoms with Gasteiger partial charge in [-0.1, -0.05) is 31.7 Å². The molecule has 1 fully saturated rings. The van der Waals surface area contributed by atoms with Gasteiger partial charge in [0, 0.05) is 6.04 Å². The van der Waals surface area contributed by atoms with Gasteiger partial charge in [0.25, 0.3) is 0 Å². The van der Waals surface area contributed by atoms with Crippen molar-refractivity contribution in [1.29, 1.82) is 0 Å². The SMILES string of the molecule is CNC(CCC1CCCC1)Cc1ccc(F)c(F)c1. The zero-order valence-electron chi connectivity index (χ0n) is 11.6. The van der Waals surface area contributed by atoms with Crippen LogP contribution in [0.5, 0.6) is 0 Å². The van der Waals surface area contributed by atoms with Gasteiger partial charge in [-0.25, -0.2) is 8.78 Å². The second kappa shape index (κ2) is 6.99. The largest absolute Gasteiger partial charge is 0.317 e. The molecule has 1 aromatic carbocycles. The van der Waals surface area contributed by atoms with Crippen LogP contribution in [0.1, 0.15) is 44.1 Å². The average molecular weight is 267 g/mol. The van der Waals surface area contributed by atoms with E-state index in [0.717, 1.165) is 24.3 Å². The van der Waals surface area contributed by atoms with Gasteiger partial charge >= 0.3 is 0 Å². The summed E-state index contributed by atoms with van der Waals surface area (Å²) in [5.74, 6) is -0.639. The summed E-state index contributed by atoms with van der Waals surface area (Å²) in [5, 5.41) is 3.29. The number of nitrogens with one attached hydrogen (secondary N) is 1. The van der Waals surface area contributed by atoms with Crippen LogP contribution in [0.15, 0.2) is 18.2 Å². The molecule has 1 unspecified atom stereocenters. The zero-order valence-corrected chi connectivity index (χ0v) is 11.6. The fraction of sp³-hybridized carbons (Fsp3) is 0.625. The highest BCUT2D eigenvalue weighted by atomic mass is 19.2. The van der Waals surface area contributed by atoms with Crippen LogP contribution in [0.25, 0.3) is 0 Å². The second-order valence-electron chi connectivity index (χ2n) is 5.67. The van der Waals surface area contributed by atoms with Gasteiger partial charge in [-0.15, -0.1) is 0 Å². The molecule has 1 aliphatic carbocycles. The molecule has 0 aromatic heterocycles. The van der Waals surface area contributed by atoms with Crippen LogP contribution in [-0.2, 0) is 6.42 Å². The molecule has 1 N–H and O–H groups in total. The van der Waals surface area contributed by atoms with E-state index in [4.69, 9.17) is 0 Å². The Bertz CT molecular complexity index is 400. The lowest BCUT2D eigenvalue weighted by molar-refractivity contribution is 0.417. The van der Waals surface area contributed by atoms with Gasteiger partial charge in [-0.2, -0.15) is 0 Å². The van der Waals surface area contributed by atoms with Crippen LogP contribution >= 0.6 is 0 Å². The Hall–Kier alpha value is -0.960. The topological polar surface area (TPSA) is 12.0 Å². The van der Waals surface area contributed by atoms with Crippen molar-refractivity contribution in [2.75, 3.05) is 7.05 Å². The number of hydrogen-bond donors (Lipinski definition) is 1. The number of likely N-dealkylation sites (N-methyl/N-ethyl adjacent to an activating group) is 1. The standard InChI is InChI=1S/C16H23F2N/c1-19-14(8-6-12-4-2-3-5-12)10-13-7-9-15(17)16(18)11-13/h7,9,11-12,14,19H,2-6,8,10H2,1H3. The third-order valence-corrected chi connectivity index (χ3v) is 4.27. The Morgan fingerprint density at radius 2 is 1.95 bits per heavy atom. The van der Waals surface area contributed by atoms with Crippen molar-refractivity contribution < 1.29 is 8.78 Å². The van der Waals surface area contributed by atoms with Crippen LogP contribution in [-0.4, -0.2) is 13.1 Å². The van der Waals surface area contributed by atoms with Gasteiger partial charge < -0.3 is 5.32 Å². The fourth-order valence-corrected chi connectivity index (χ4v) is 3.04. The van der Waals surface area contributed by atoms with Crippen molar-refractivity contribution in [3.05, 3.63) is 35.4 Å². The molecule has 0 saturated heterocycles. The van der Waals surface area contributed by atoms with Gasteiger partial charge in [0.15, 0.2) is 11.6 Å². The summed E-state index contributed by atoms with van der Waals surface area (Å²) in [6, 6.07) is 4.56. The molecule has 0 heterocycles. The van der Waals surface area contributed by atoms with E-state index in [9.17, 15) is 8.78 Å². The van der Waals surface area contributed by atoms with Gasteiger partial charge in [-0.3, -0.25) is 0 Å². The molecule has 106 valence electrons. The number of benzene rings is 1. The molecule has 0 aliphatic heterocycles. The maximum absolute atomic E-state index is 13.2. The Labute approximate surface area is 114 Å². The van der Waals surface area contributed by atoms with E-state index in [2.05, 4.69) is 5.32 Å². The molecule has 1 aliphatic rings. The third-order valence-electron chi connectivity index (χ3n) is 4.27. The van der Waals surface area contributed by atoms with Crippen LogP contribution in [0.3, 0.4) is 0 Å². The van der Waals surface area contributed by atoms with Crippen molar-refractivity contribution in [3.8, 4) is 0 Å². The van der Waals surface area contributed by atoms with Crippen LogP contribution in [0, 0.1) is 17.6 Å². The highest BCUT2D eigenvalue weighted by Gasteiger charge is 2.17. The van der Waals surface area contributed by atoms with E-state index < -0.39 is 11.6 Å². The summed E-state index contributed by atoms with van der Waals surface area (Å²) in [6.45, 7) is 0. The normalized spacial score (nSPS) is 17.8. The Kier molecular flexibility index (Phi) is 5.32. The van der Waals surface area contributed by atoms with Crippen LogP contribution in [0.4, 0.5) is 8.78 Å². The molecule has 0 spiro atoms. The lowest BCUT2D eigenvalue weighted by atomic mass is 9.95. The number of rotatable bonds is 6. The molecule has 2 rings (SSSR count). The molecular weight excluding hydrogens is 244 g/mol. The molecule has 1 atom stereocenters. The van der Waals surface area contributed by atoms with E-state index >= 15 is 0 Å². The predicted molar refractivity (Wildman–Crippen MR) is 74.1 cm³/mol. The minimum Gasteiger partial charge on any atom is -0.317 e. The minimum atomic E-state index is -0.768. The Morgan fingerprint density at radius 3 is 2.58 bits per heavy atom. The summed E-state index contributed by atoms with van der Waals surface area (Å²) in [4.78, 5) is 0. The fourth-order valence-electron chi connectivity index (χ4n) is 3.04. The van der Waals surface area contributed by atoms with E-state index in [0.29, 0.717) is 6.04 Å². The minimum absolute atomic E-state index is 0.352. The molecular formula is C16H23F2N. The maximum atomic E-state index is 13.2. The van der Waals surface area contributed by atoms with E-state index in [-0.39, 0.29) is 0 Å². The first-order valence-electron chi connectivity index (χ1n) is 7.30. The number of hydrogen-bond acceptors (Lipinski definition) is 1. The monoisotopic (exact) mass is 267 g/mol. The maximum Gasteiger partial charge on any atom is 0.159 e. The predicted octanol–water partition coefficient (Wildman–Crippen LogP) is 4.07. The lowest BCUT2D eigenvalue weighted by Gasteiger charge is -2.18. The molecule has 1 aromatic rings. The Morgan fingerprint density at radius 1 is 1.21 bits per heavy atom. The highest BCUT2D eigenvalue weighted by molar-refractivity contribution is 5.18. The summed E-state index contributed by atoms with van der Waals surface area (Å²) in [6.07, 6.45) is 8.59. The van der Waals surface area contributed by atoms with Crippen molar-refractivity contribution in [2.24, 2.45) is 5.92 Å². The number of halogens is 2. The molecule has 0 radical (unpaired) electrons. The van der Waals surface area contributed by atoms with Gasteiger partial charge in [0.05, 0.1) is 0 Å². The second-order valence-corrected chi connectivity index (χ2v) is 5.67. The molecule has 0 amide bonds. The summed E-state index contributed by atoms with van der Waals surface area (Å²) < 4.78 is 26.0. The zero-order chi connectivity index (χ0) is 13.7. The first-order valence-corrected chi connectivity index (χ1v) is 7.30. The summed E-state index contributed by atoms with van der Waals surface area (Å²) in [7, 11) is 1.94. The molecule has 1 nitrogen and oxygen atoms in total. The summed E-state index contributed by atoms with van der Waals surface area (Å²) >= 11 is 0. The van der Waals surface area contributed by atoms with Crippen LogP contribution < -0.4 is 5.32 Å². The quantitative estimate of drug-likeness (QED) is 0.819.